The highest BCUT2D eigenvalue weighted by atomic mass is 16.6. The summed E-state index contributed by atoms with van der Waals surface area (Å²) in [6.07, 6.45) is 128. The molecule has 1 N–H and O–H groups in total. The molecule has 0 radical (unpaired) electrons. The SMILES string of the molecule is CC/C=C\C/C=C\C/C=C\C/C=C\C/C=C\C/C=C\C/C=C\C/C=C\C/C=C\C/C=C\C/C=C\C/C=C\CCCCCCC(=O)OC(CO)COC(=O)CCCCCCCCC/C=C\C/C=C\C/C=C\C/C=C\C/C=C\C/C=C\C/C=C\C/C=C\C/C=C\CC. The van der Waals surface area contributed by atoms with Crippen molar-refractivity contribution in [3.63, 3.8) is 0 Å². The van der Waals surface area contributed by atoms with E-state index in [1.807, 2.05) is 0 Å². The van der Waals surface area contributed by atoms with Crippen LogP contribution in [0.5, 0.6) is 0 Å². The zero-order valence-electron chi connectivity index (χ0n) is 56.8. The van der Waals surface area contributed by atoms with Gasteiger partial charge in [-0.1, -0.05) is 314 Å². The van der Waals surface area contributed by atoms with E-state index in [-0.39, 0.29) is 25.2 Å². The summed E-state index contributed by atoms with van der Waals surface area (Å²) in [5, 5.41) is 9.70. The standard InChI is InChI=1S/C85H126O5/c1-3-5-7-9-11-13-15-17-19-21-23-25-27-29-31-33-35-37-39-40-41-42-43-44-46-48-50-52-54-56-58-60-62-64-66-68-70-72-74-76-78-80-85(88)90-83(81-86)82-89-84(87)79-77-75-73-71-69-67-65-63-61-59-57-55-53-51-49-47-45-38-36-34-32-30-28-26-24-22-20-18-16-14-12-10-8-6-4-2/h5-8,11-14,17-20,23-26,29-32,35-38,40-41,43-44,47-50,53-56,59-62,66,68,83,86H,3-4,9-10,15-16,21-22,27-28,33-34,39,42,45-46,51-52,57-58,63-65,67,69-82H2,1-2H3/b7-5-,8-6-,13-11-,14-12-,19-17-,20-18-,25-23-,26-24-,31-29-,32-30-,37-35-,38-36-,41-40-,44-43-,49-47-,50-48-,55-53-,56-54-,61-59-,62-60-,68-66-. The van der Waals surface area contributed by atoms with Crippen molar-refractivity contribution < 1.29 is 24.2 Å². The Morgan fingerprint density at radius 2 is 0.444 bits per heavy atom. The lowest BCUT2D eigenvalue weighted by Gasteiger charge is -2.15. The number of rotatable bonds is 61. The zero-order valence-corrected chi connectivity index (χ0v) is 56.8. The molecule has 0 aliphatic heterocycles. The van der Waals surface area contributed by atoms with Crippen LogP contribution in [-0.2, 0) is 19.1 Å². The van der Waals surface area contributed by atoms with Crippen molar-refractivity contribution in [2.45, 2.75) is 251 Å². The summed E-state index contributed by atoms with van der Waals surface area (Å²) in [7, 11) is 0. The lowest BCUT2D eigenvalue weighted by atomic mass is 10.1. The zero-order chi connectivity index (χ0) is 64.7. The first kappa shape index (κ1) is 83.4. The van der Waals surface area contributed by atoms with Gasteiger partial charge in [0.05, 0.1) is 6.61 Å². The molecular formula is C85H126O5. The maximum absolute atomic E-state index is 12.4. The number of aliphatic hydroxyl groups excluding tert-OH is 1. The van der Waals surface area contributed by atoms with Gasteiger partial charge in [0.2, 0.25) is 0 Å². The maximum atomic E-state index is 12.4. The molecule has 1 atom stereocenters. The maximum Gasteiger partial charge on any atom is 0.306 e. The Balaban J connectivity index is 3.70. The number of carbonyl (C=O) groups is 2. The van der Waals surface area contributed by atoms with Crippen LogP contribution in [-0.4, -0.2) is 36.4 Å². The average Bonchev–Trinajstić information content (AvgIpc) is 3.60. The molecule has 0 spiro atoms. The average molecular weight is 1230 g/mol. The van der Waals surface area contributed by atoms with Gasteiger partial charge >= 0.3 is 11.9 Å². The van der Waals surface area contributed by atoms with Gasteiger partial charge in [0.1, 0.15) is 6.61 Å². The first-order valence-electron chi connectivity index (χ1n) is 35.2. The second-order valence-electron chi connectivity index (χ2n) is 22.1. The third kappa shape index (κ3) is 73.9. The molecule has 0 amide bonds. The van der Waals surface area contributed by atoms with Crippen LogP contribution in [0.4, 0.5) is 0 Å². The Hall–Kier alpha value is -6.56. The highest BCUT2D eigenvalue weighted by Crippen LogP contribution is 2.13. The largest absolute Gasteiger partial charge is 0.462 e. The summed E-state index contributed by atoms with van der Waals surface area (Å²) in [6, 6.07) is 0. The fraction of sp³-hybridized carbons (Fsp3) is 0.482. The van der Waals surface area contributed by atoms with E-state index in [1.54, 1.807) is 0 Å². The minimum Gasteiger partial charge on any atom is -0.462 e. The highest BCUT2D eigenvalue weighted by Gasteiger charge is 2.16. The number of aliphatic hydroxyl groups is 1. The molecule has 0 aromatic heterocycles. The van der Waals surface area contributed by atoms with Gasteiger partial charge in [-0.25, -0.2) is 0 Å². The van der Waals surface area contributed by atoms with E-state index in [0.29, 0.717) is 12.8 Å². The molecule has 0 aliphatic rings. The Morgan fingerprint density at radius 3 is 0.667 bits per heavy atom. The molecule has 0 aliphatic carbocycles. The summed E-state index contributed by atoms with van der Waals surface area (Å²) in [5.41, 5.74) is 0. The van der Waals surface area contributed by atoms with Crippen molar-refractivity contribution in [2.24, 2.45) is 0 Å². The number of hydrogen-bond acceptors (Lipinski definition) is 5. The van der Waals surface area contributed by atoms with E-state index >= 15 is 0 Å². The number of unbranched alkanes of at least 4 members (excludes halogenated alkanes) is 11. The fourth-order valence-corrected chi connectivity index (χ4v) is 8.65. The molecule has 496 valence electrons. The third-order valence-corrected chi connectivity index (χ3v) is 13.8. The monoisotopic (exact) mass is 1230 g/mol. The van der Waals surface area contributed by atoms with E-state index in [1.165, 1.54) is 25.7 Å². The van der Waals surface area contributed by atoms with Crippen molar-refractivity contribution in [3.8, 4) is 0 Å². The highest BCUT2D eigenvalue weighted by molar-refractivity contribution is 5.70. The molecule has 0 saturated carbocycles. The van der Waals surface area contributed by atoms with Crippen molar-refractivity contribution >= 4 is 11.9 Å². The minimum atomic E-state index is -0.813. The van der Waals surface area contributed by atoms with Gasteiger partial charge in [-0.05, 0) is 173 Å². The lowest BCUT2D eigenvalue weighted by molar-refractivity contribution is -0.161. The molecule has 0 rings (SSSR count). The summed E-state index contributed by atoms with van der Waals surface area (Å²) >= 11 is 0. The number of ether oxygens (including phenoxy) is 2. The second kappa shape index (κ2) is 76.7. The Bertz CT molecular complexity index is 2280. The number of esters is 2. The van der Waals surface area contributed by atoms with Gasteiger partial charge in [-0.2, -0.15) is 0 Å². The molecule has 90 heavy (non-hydrogen) atoms. The van der Waals surface area contributed by atoms with Gasteiger partial charge in [-0.15, -0.1) is 0 Å². The lowest BCUT2D eigenvalue weighted by Crippen LogP contribution is -2.28. The van der Waals surface area contributed by atoms with Gasteiger partial charge < -0.3 is 14.6 Å². The predicted octanol–water partition coefficient (Wildman–Crippen LogP) is 25.2. The Labute approximate surface area is 552 Å². The Morgan fingerprint density at radius 1 is 0.256 bits per heavy atom. The first-order valence-corrected chi connectivity index (χ1v) is 35.2. The van der Waals surface area contributed by atoms with Crippen LogP contribution in [0.2, 0.25) is 0 Å². The summed E-state index contributed by atoms with van der Waals surface area (Å²) in [6.45, 7) is 3.86. The topological polar surface area (TPSA) is 72.8 Å². The van der Waals surface area contributed by atoms with E-state index < -0.39 is 6.10 Å². The smallest absolute Gasteiger partial charge is 0.306 e. The third-order valence-electron chi connectivity index (χ3n) is 13.8. The molecule has 0 aromatic carbocycles. The van der Waals surface area contributed by atoms with Gasteiger partial charge in [0.15, 0.2) is 6.10 Å². The molecule has 1 unspecified atom stereocenters. The number of allylic oxidation sites excluding steroid dienone is 42. The predicted molar refractivity (Wildman–Crippen MR) is 397 cm³/mol. The van der Waals surface area contributed by atoms with Gasteiger partial charge in [0, 0.05) is 12.8 Å². The molecule has 0 fully saturated rings. The first-order chi connectivity index (χ1) is 44.6. The number of hydrogen-bond donors (Lipinski definition) is 1. The van der Waals surface area contributed by atoms with Gasteiger partial charge in [0.25, 0.3) is 0 Å². The summed E-state index contributed by atoms with van der Waals surface area (Å²) in [4.78, 5) is 24.7. The summed E-state index contributed by atoms with van der Waals surface area (Å²) in [5.74, 6) is -0.653. The van der Waals surface area contributed by atoms with E-state index in [4.69, 9.17) is 9.47 Å². The van der Waals surface area contributed by atoms with Crippen LogP contribution in [0.15, 0.2) is 255 Å². The van der Waals surface area contributed by atoms with E-state index in [2.05, 4.69) is 269 Å². The molecule has 5 nitrogen and oxygen atoms in total. The van der Waals surface area contributed by atoms with Crippen LogP contribution in [0.3, 0.4) is 0 Å². The van der Waals surface area contributed by atoms with Crippen LogP contribution in [0.1, 0.15) is 245 Å². The van der Waals surface area contributed by atoms with E-state index in [0.717, 1.165) is 193 Å². The minimum absolute atomic E-state index is 0.100. The van der Waals surface area contributed by atoms with Crippen LogP contribution < -0.4 is 0 Å². The molecular weight excluding hydrogens is 1100 g/mol. The van der Waals surface area contributed by atoms with Crippen LogP contribution >= 0.6 is 0 Å². The molecule has 0 saturated heterocycles. The van der Waals surface area contributed by atoms with E-state index in [9.17, 15) is 14.7 Å². The van der Waals surface area contributed by atoms with Crippen molar-refractivity contribution in [3.05, 3.63) is 255 Å². The van der Waals surface area contributed by atoms with Crippen LogP contribution in [0.25, 0.3) is 0 Å². The summed E-state index contributed by atoms with van der Waals surface area (Å²) < 4.78 is 10.7. The number of carbonyl (C=O) groups excluding carboxylic acids is 2. The fourth-order valence-electron chi connectivity index (χ4n) is 8.65. The Kier molecular flexibility index (Phi) is 71.1. The van der Waals surface area contributed by atoms with Crippen molar-refractivity contribution in [2.75, 3.05) is 13.2 Å². The van der Waals surface area contributed by atoms with Crippen molar-refractivity contribution in [1.29, 1.82) is 0 Å². The molecule has 0 aromatic rings. The van der Waals surface area contributed by atoms with Crippen molar-refractivity contribution in [1.82, 2.24) is 0 Å². The quantitative estimate of drug-likeness (QED) is 0.0373. The normalized spacial score (nSPS) is 13.9. The molecule has 0 bridgehead atoms. The second-order valence-corrected chi connectivity index (χ2v) is 22.1. The molecule has 5 heteroatoms. The van der Waals surface area contributed by atoms with Gasteiger partial charge in [-0.3, -0.25) is 9.59 Å². The molecule has 0 heterocycles. The van der Waals surface area contributed by atoms with Crippen LogP contribution in [0, 0.1) is 0 Å².